The molecular weight excluding hydrogens is 390 g/mol. The van der Waals surface area contributed by atoms with Gasteiger partial charge in [-0.15, -0.1) is 11.3 Å². The van der Waals surface area contributed by atoms with E-state index in [-0.39, 0.29) is 5.91 Å². The number of carbonyl (C=O) groups excluding carboxylic acids is 1. The molecule has 4 nitrogen and oxygen atoms in total. The zero-order valence-electron chi connectivity index (χ0n) is 16.0. The maximum atomic E-state index is 12.6. The number of carbonyl (C=O) groups is 1. The second-order valence-corrected chi connectivity index (χ2v) is 8.95. The van der Waals surface area contributed by atoms with E-state index < -0.39 is 0 Å². The van der Waals surface area contributed by atoms with Crippen LogP contribution in [0.25, 0.3) is 10.2 Å². The highest BCUT2D eigenvalue weighted by molar-refractivity contribution is 7.18. The van der Waals surface area contributed by atoms with Crippen molar-refractivity contribution in [3.63, 3.8) is 0 Å². The second-order valence-electron chi connectivity index (χ2n) is 7.45. The summed E-state index contributed by atoms with van der Waals surface area (Å²) in [4.78, 5) is 21.5. The lowest BCUT2D eigenvalue weighted by atomic mass is 9.97. The normalized spacial score (nSPS) is 15.8. The Kier molecular flexibility index (Phi) is 5.95. The van der Waals surface area contributed by atoms with Gasteiger partial charge in [0.05, 0.1) is 21.8 Å². The molecule has 1 amide bonds. The van der Waals surface area contributed by atoms with Crippen LogP contribution >= 0.6 is 22.9 Å². The quantitative estimate of drug-likeness (QED) is 0.603. The molecule has 1 saturated heterocycles. The molecule has 146 valence electrons. The van der Waals surface area contributed by atoms with E-state index in [9.17, 15) is 4.79 Å². The number of rotatable bonds is 5. The van der Waals surface area contributed by atoms with Gasteiger partial charge in [0.15, 0.2) is 0 Å². The molecule has 0 N–H and O–H groups in total. The fourth-order valence-corrected chi connectivity index (χ4v) is 4.93. The van der Waals surface area contributed by atoms with Crippen molar-refractivity contribution in [3.8, 4) is 0 Å². The van der Waals surface area contributed by atoms with Crippen LogP contribution in [0.4, 0.5) is 0 Å². The van der Waals surface area contributed by atoms with Gasteiger partial charge in [-0.05, 0) is 55.8 Å². The van der Waals surface area contributed by atoms with E-state index in [4.69, 9.17) is 16.6 Å². The monoisotopic (exact) mass is 413 g/mol. The lowest BCUT2D eigenvalue weighted by Gasteiger charge is -2.31. The van der Waals surface area contributed by atoms with E-state index in [2.05, 4.69) is 23.1 Å². The van der Waals surface area contributed by atoms with Crippen molar-refractivity contribution < 1.29 is 4.79 Å². The number of hydrogen-bond acceptors (Lipinski definition) is 4. The Hall–Kier alpha value is -1.95. The number of likely N-dealkylation sites (tertiary alicyclic amines) is 1. The van der Waals surface area contributed by atoms with Crippen molar-refractivity contribution >= 4 is 39.1 Å². The van der Waals surface area contributed by atoms with Crippen LogP contribution in [0.15, 0.2) is 48.5 Å². The average molecular weight is 414 g/mol. The summed E-state index contributed by atoms with van der Waals surface area (Å²) in [6, 6.07) is 16.0. The van der Waals surface area contributed by atoms with Crippen LogP contribution in [0, 0.1) is 0 Å². The minimum atomic E-state index is 0.161. The third-order valence-electron chi connectivity index (χ3n) is 5.36. The highest BCUT2D eigenvalue weighted by Crippen LogP contribution is 2.33. The van der Waals surface area contributed by atoms with Crippen LogP contribution in [0.2, 0.25) is 5.02 Å². The zero-order valence-corrected chi connectivity index (χ0v) is 17.5. The van der Waals surface area contributed by atoms with Crippen LogP contribution in [0.5, 0.6) is 0 Å². The smallest absolute Gasteiger partial charge is 0.236 e. The largest absolute Gasteiger partial charge is 0.340 e. The van der Waals surface area contributed by atoms with Crippen molar-refractivity contribution in [2.75, 3.05) is 26.7 Å². The van der Waals surface area contributed by atoms with Crippen molar-refractivity contribution in [1.29, 1.82) is 0 Å². The minimum absolute atomic E-state index is 0.161. The molecule has 28 heavy (non-hydrogen) atoms. The molecule has 1 aliphatic rings. The molecule has 1 aliphatic heterocycles. The lowest BCUT2D eigenvalue weighted by molar-refractivity contribution is -0.131. The van der Waals surface area contributed by atoms with Gasteiger partial charge in [-0.25, -0.2) is 4.98 Å². The summed E-state index contributed by atoms with van der Waals surface area (Å²) in [6.07, 6.45) is 2.13. The van der Waals surface area contributed by atoms with E-state index in [1.807, 2.05) is 48.7 Å². The third-order valence-corrected chi connectivity index (χ3v) is 6.82. The zero-order chi connectivity index (χ0) is 19.5. The topological polar surface area (TPSA) is 36.4 Å². The van der Waals surface area contributed by atoms with Gasteiger partial charge in [0.2, 0.25) is 5.91 Å². The molecule has 2 aromatic carbocycles. The number of halogens is 1. The predicted molar refractivity (Wildman–Crippen MR) is 116 cm³/mol. The van der Waals surface area contributed by atoms with E-state index in [1.165, 1.54) is 9.71 Å². The first-order valence-corrected chi connectivity index (χ1v) is 10.8. The Morgan fingerprint density at radius 2 is 1.89 bits per heavy atom. The van der Waals surface area contributed by atoms with Gasteiger partial charge in [0, 0.05) is 24.5 Å². The summed E-state index contributed by atoms with van der Waals surface area (Å²) in [5.41, 5.74) is 2.19. The molecule has 0 atom stereocenters. The van der Waals surface area contributed by atoms with Crippen molar-refractivity contribution in [1.82, 2.24) is 14.8 Å². The standard InChI is InChI=1S/C22H24ClN3OS/c1-25(14-16-6-8-18(23)9-7-16)21(27)15-26-12-10-17(11-13-26)22-24-19-4-2-3-5-20(19)28-22/h2-9,17H,10-15H2,1H3. The second kappa shape index (κ2) is 8.60. The number of likely N-dealkylation sites (N-methyl/N-ethyl adjacent to an activating group) is 1. The molecular formula is C22H24ClN3OS. The maximum Gasteiger partial charge on any atom is 0.236 e. The number of hydrogen-bond donors (Lipinski definition) is 0. The van der Waals surface area contributed by atoms with Gasteiger partial charge < -0.3 is 4.90 Å². The van der Waals surface area contributed by atoms with Crippen LogP contribution in [0.1, 0.15) is 29.3 Å². The maximum absolute atomic E-state index is 12.6. The highest BCUT2D eigenvalue weighted by Gasteiger charge is 2.25. The summed E-state index contributed by atoms with van der Waals surface area (Å²) in [5, 5.41) is 1.96. The molecule has 6 heteroatoms. The summed E-state index contributed by atoms with van der Waals surface area (Å²) < 4.78 is 1.26. The third kappa shape index (κ3) is 4.54. The van der Waals surface area contributed by atoms with E-state index in [0.29, 0.717) is 24.0 Å². The number of nitrogens with zero attached hydrogens (tertiary/aromatic N) is 3. The highest BCUT2D eigenvalue weighted by atomic mass is 35.5. The predicted octanol–water partition coefficient (Wildman–Crippen LogP) is 4.79. The SMILES string of the molecule is CN(Cc1ccc(Cl)cc1)C(=O)CN1CCC(c2nc3ccccc3s2)CC1. The number of aromatic nitrogens is 1. The van der Waals surface area contributed by atoms with Gasteiger partial charge in [-0.1, -0.05) is 35.9 Å². The molecule has 0 unspecified atom stereocenters. The Balaban J connectivity index is 1.28. The molecule has 0 saturated carbocycles. The molecule has 2 heterocycles. The number of para-hydroxylation sites is 1. The number of benzene rings is 2. The van der Waals surface area contributed by atoms with Gasteiger partial charge >= 0.3 is 0 Å². The molecule has 3 aromatic rings. The van der Waals surface area contributed by atoms with Gasteiger partial charge in [-0.3, -0.25) is 9.69 Å². The number of thiazole rings is 1. The molecule has 0 radical (unpaired) electrons. The van der Waals surface area contributed by atoms with Gasteiger partial charge in [0.25, 0.3) is 0 Å². The number of amides is 1. The number of fused-ring (bicyclic) bond motifs is 1. The average Bonchev–Trinajstić information content (AvgIpc) is 3.14. The van der Waals surface area contributed by atoms with Gasteiger partial charge in [0.1, 0.15) is 0 Å². The van der Waals surface area contributed by atoms with Crippen LogP contribution in [0.3, 0.4) is 0 Å². The van der Waals surface area contributed by atoms with E-state index >= 15 is 0 Å². The fraction of sp³-hybridized carbons (Fsp3) is 0.364. The van der Waals surface area contributed by atoms with Crippen molar-refractivity contribution in [2.45, 2.75) is 25.3 Å². The van der Waals surface area contributed by atoms with Crippen LogP contribution in [-0.2, 0) is 11.3 Å². The van der Waals surface area contributed by atoms with E-state index in [0.717, 1.165) is 37.0 Å². The molecule has 0 spiro atoms. The van der Waals surface area contributed by atoms with Crippen LogP contribution in [-0.4, -0.2) is 47.4 Å². The van der Waals surface area contributed by atoms with E-state index in [1.54, 1.807) is 4.90 Å². The Bertz CT molecular complexity index is 915. The van der Waals surface area contributed by atoms with Crippen molar-refractivity contribution in [2.24, 2.45) is 0 Å². The molecule has 0 bridgehead atoms. The van der Waals surface area contributed by atoms with Crippen molar-refractivity contribution in [3.05, 3.63) is 64.1 Å². The lowest BCUT2D eigenvalue weighted by Crippen LogP contribution is -2.41. The Morgan fingerprint density at radius 1 is 1.18 bits per heavy atom. The first-order chi connectivity index (χ1) is 13.6. The summed E-state index contributed by atoms with van der Waals surface area (Å²) in [7, 11) is 1.87. The van der Waals surface area contributed by atoms with Gasteiger partial charge in [-0.2, -0.15) is 0 Å². The number of piperidine rings is 1. The summed E-state index contributed by atoms with van der Waals surface area (Å²) >= 11 is 7.74. The first-order valence-electron chi connectivity index (χ1n) is 9.65. The summed E-state index contributed by atoms with van der Waals surface area (Å²) in [5.74, 6) is 0.670. The Labute approximate surface area is 174 Å². The Morgan fingerprint density at radius 3 is 2.61 bits per heavy atom. The molecule has 1 fully saturated rings. The van der Waals surface area contributed by atoms with Crippen LogP contribution < -0.4 is 0 Å². The fourth-order valence-electron chi connectivity index (χ4n) is 3.67. The summed E-state index contributed by atoms with van der Waals surface area (Å²) in [6.45, 7) is 2.98. The molecule has 4 rings (SSSR count). The minimum Gasteiger partial charge on any atom is -0.340 e. The first kappa shape index (κ1) is 19.4. The molecule has 1 aromatic heterocycles. The molecule has 0 aliphatic carbocycles.